The lowest BCUT2D eigenvalue weighted by Crippen LogP contribution is -2.27. The number of pyridine rings is 1. The number of nitrogens with zero attached hydrogens (tertiary/aromatic N) is 2. The van der Waals surface area contributed by atoms with Crippen LogP contribution in [0.3, 0.4) is 0 Å². The Morgan fingerprint density at radius 1 is 1.43 bits per heavy atom. The van der Waals surface area contributed by atoms with Crippen LogP contribution in [-0.2, 0) is 0 Å². The van der Waals surface area contributed by atoms with Gasteiger partial charge in [-0.05, 0) is 19.1 Å². The van der Waals surface area contributed by atoms with Crippen LogP contribution in [0.5, 0.6) is 5.75 Å². The first-order valence-electron chi connectivity index (χ1n) is 6.66. The summed E-state index contributed by atoms with van der Waals surface area (Å²) in [6, 6.07) is 4.70. The van der Waals surface area contributed by atoms with E-state index in [-0.39, 0.29) is 11.3 Å². The Kier molecular flexibility index (Phi) is 4.85. The number of methoxy groups -OCH3 is 1. The highest BCUT2D eigenvalue weighted by Gasteiger charge is 2.20. The molecule has 0 fully saturated rings. The number of benzene rings is 1. The van der Waals surface area contributed by atoms with E-state index in [1.54, 1.807) is 6.92 Å². The summed E-state index contributed by atoms with van der Waals surface area (Å²) >= 11 is 0. The summed E-state index contributed by atoms with van der Waals surface area (Å²) in [7, 11) is 1.42. The van der Waals surface area contributed by atoms with E-state index in [4.69, 9.17) is 4.74 Å². The number of non-ortho nitro benzene ring substituents is 1. The highest BCUT2D eigenvalue weighted by atomic mass is 19.1. The number of nitro groups is 1. The molecule has 1 amide bonds. The van der Waals surface area contributed by atoms with Crippen molar-refractivity contribution in [3.05, 3.63) is 63.7 Å². The molecular formula is C15H14FN3O4. The number of hydrogen-bond acceptors (Lipinski definition) is 5. The standard InChI is InChI=1S/C15H14FN3O4/c1-9(18-15(20)11-5-6-17-8-13(11)16)12-7-10(19(21)22)3-4-14(12)23-2/h3-9H,1-2H3,(H,18,20)/t9-/m0/s1. The molecule has 23 heavy (non-hydrogen) atoms. The van der Waals surface area contributed by atoms with Gasteiger partial charge in [0.2, 0.25) is 0 Å². The number of amides is 1. The van der Waals surface area contributed by atoms with Gasteiger partial charge in [-0.15, -0.1) is 0 Å². The second-order valence-electron chi connectivity index (χ2n) is 4.73. The zero-order chi connectivity index (χ0) is 17.0. The van der Waals surface area contributed by atoms with E-state index in [2.05, 4.69) is 10.3 Å². The van der Waals surface area contributed by atoms with Crippen molar-refractivity contribution in [1.29, 1.82) is 0 Å². The van der Waals surface area contributed by atoms with Gasteiger partial charge in [0.25, 0.3) is 11.6 Å². The summed E-state index contributed by atoms with van der Waals surface area (Å²) in [6.45, 7) is 1.62. The lowest BCUT2D eigenvalue weighted by atomic mass is 10.1. The van der Waals surface area contributed by atoms with Crippen molar-refractivity contribution < 1.29 is 18.8 Å². The Morgan fingerprint density at radius 3 is 2.78 bits per heavy atom. The maximum Gasteiger partial charge on any atom is 0.270 e. The first-order valence-corrected chi connectivity index (χ1v) is 6.66. The fourth-order valence-electron chi connectivity index (χ4n) is 2.09. The van der Waals surface area contributed by atoms with Gasteiger partial charge < -0.3 is 10.1 Å². The van der Waals surface area contributed by atoms with Gasteiger partial charge in [-0.3, -0.25) is 19.9 Å². The third-order valence-electron chi connectivity index (χ3n) is 3.26. The second-order valence-corrected chi connectivity index (χ2v) is 4.73. The molecule has 8 heteroatoms. The van der Waals surface area contributed by atoms with Crippen LogP contribution >= 0.6 is 0 Å². The minimum atomic E-state index is -0.747. The van der Waals surface area contributed by atoms with E-state index >= 15 is 0 Å². The lowest BCUT2D eigenvalue weighted by Gasteiger charge is -2.17. The Hall–Kier alpha value is -3.03. The maximum atomic E-state index is 13.6. The second kappa shape index (κ2) is 6.82. The molecule has 0 aliphatic rings. The fourth-order valence-corrected chi connectivity index (χ4v) is 2.09. The third kappa shape index (κ3) is 3.60. The summed E-state index contributed by atoms with van der Waals surface area (Å²) in [4.78, 5) is 26.0. The minimum absolute atomic E-state index is 0.128. The molecule has 1 aromatic carbocycles. The number of halogens is 1. The smallest absolute Gasteiger partial charge is 0.270 e. The van der Waals surface area contributed by atoms with Crippen molar-refractivity contribution in [3.8, 4) is 5.75 Å². The van der Waals surface area contributed by atoms with Crippen molar-refractivity contribution in [2.75, 3.05) is 7.11 Å². The number of hydrogen-bond donors (Lipinski definition) is 1. The molecule has 120 valence electrons. The Morgan fingerprint density at radius 2 is 2.17 bits per heavy atom. The van der Waals surface area contributed by atoms with E-state index < -0.39 is 22.7 Å². The number of ether oxygens (including phenoxy) is 1. The molecule has 2 aromatic rings. The van der Waals surface area contributed by atoms with Gasteiger partial charge in [0.05, 0.1) is 29.8 Å². The number of aromatic nitrogens is 1. The quantitative estimate of drug-likeness (QED) is 0.675. The highest BCUT2D eigenvalue weighted by molar-refractivity contribution is 5.94. The van der Waals surface area contributed by atoms with Gasteiger partial charge in [0.1, 0.15) is 5.75 Å². The van der Waals surface area contributed by atoms with E-state index in [0.717, 1.165) is 6.20 Å². The van der Waals surface area contributed by atoms with Gasteiger partial charge in [-0.25, -0.2) is 4.39 Å². The summed E-state index contributed by atoms with van der Waals surface area (Å²) in [6.07, 6.45) is 2.24. The van der Waals surface area contributed by atoms with E-state index in [1.165, 1.54) is 37.6 Å². The molecule has 0 aliphatic carbocycles. The molecule has 1 N–H and O–H groups in total. The summed E-state index contributed by atoms with van der Waals surface area (Å²) in [5, 5.41) is 13.5. The SMILES string of the molecule is COc1ccc([N+](=O)[O-])cc1[C@H](C)NC(=O)c1ccncc1F. The van der Waals surface area contributed by atoms with Gasteiger partial charge >= 0.3 is 0 Å². The van der Waals surface area contributed by atoms with E-state index in [9.17, 15) is 19.3 Å². The van der Waals surface area contributed by atoms with Crippen molar-refractivity contribution in [3.63, 3.8) is 0 Å². The van der Waals surface area contributed by atoms with Gasteiger partial charge in [0, 0.05) is 23.9 Å². The van der Waals surface area contributed by atoms with Gasteiger partial charge in [-0.1, -0.05) is 0 Å². The van der Waals surface area contributed by atoms with E-state index in [0.29, 0.717) is 11.3 Å². The van der Waals surface area contributed by atoms with Crippen LogP contribution in [0, 0.1) is 15.9 Å². The van der Waals surface area contributed by atoms with Crippen molar-refractivity contribution in [1.82, 2.24) is 10.3 Å². The first kappa shape index (κ1) is 16.3. The molecule has 0 unspecified atom stereocenters. The van der Waals surface area contributed by atoms with Gasteiger partial charge in [0.15, 0.2) is 5.82 Å². The molecule has 0 saturated heterocycles. The molecule has 0 saturated carbocycles. The van der Waals surface area contributed by atoms with Crippen LogP contribution in [0.25, 0.3) is 0 Å². The molecular weight excluding hydrogens is 305 g/mol. The molecule has 2 rings (SSSR count). The maximum absolute atomic E-state index is 13.6. The molecule has 1 heterocycles. The number of carbonyl (C=O) groups excluding carboxylic acids is 1. The largest absolute Gasteiger partial charge is 0.496 e. The van der Waals surface area contributed by atoms with Crippen LogP contribution in [0.15, 0.2) is 36.7 Å². The van der Waals surface area contributed by atoms with Crippen molar-refractivity contribution >= 4 is 11.6 Å². The highest BCUT2D eigenvalue weighted by Crippen LogP contribution is 2.29. The Balaban J connectivity index is 2.28. The molecule has 0 bridgehead atoms. The van der Waals surface area contributed by atoms with Crippen LogP contribution in [-0.4, -0.2) is 22.9 Å². The molecule has 1 atom stereocenters. The summed E-state index contributed by atoms with van der Waals surface area (Å²) in [5.41, 5.74) is 0.137. The molecule has 0 spiro atoms. The number of carbonyl (C=O) groups is 1. The van der Waals surface area contributed by atoms with Crippen molar-refractivity contribution in [2.24, 2.45) is 0 Å². The molecule has 7 nitrogen and oxygen atoms in total. The average molecular weight is 319 g/mol. The Bertz CT molecular complexity index is 751. The van der Waals surface area contributed by atoms with Crippen molar-refractivity contribution in [2.45, 2.75) is 13.0 Å². The summed E-state index contributed by atoms with van der Waals surface area (Å²) < 4.78 is 18.7. The van der Waals surface area contributed by atoms with Crippen LogP contribution in [0.1, 0.15) is 28.9 Å². The fraction of sp³-hybridized carbons (Fsp3) is 0.200. The monoisotopic (exact) mass is 319 g/mol. The molecule has 1 aromatic heterocycles. The van der Waals surface area contributed by atoms with Gasteiger partial charge in [-0.2, -0.15) is 0 Å². The number of nitrogens with one attached hydrogen (secondary N) is 1. The predicted molar refractivity (Wildman–Crippen MR) is 79.7 cm³/mol. The first-order chi connectivity index (χ1) is 10.9. The Labute approximate surface area is 131 Å². The van der Waals surface area contributed by atoms with E-state index in [1.807, 2.05) is 0 Å². The number of rotatable bonds is 5. The molecule has 0 radical (unpaired) electrons. The topological polar surface area (TPSA) is 94.4 Å². The normalized spacial score (nSPS) is 11.6. The minimum Gasteiger partial charge on any atom is -0.496 e. The zero-order valence-electron chi connectivity index (χ0n) is 12.4. The lowest BCUT2D eigenvalue weighted by molar-refractivity contribution is -0.385. The average Bonchev–Trinajstić information content (AvgIpc) is 2.54. The zero-order valence-corrected chi connectivity index (χ0v) is 12.4. The molecule has 0 aliphatic heterocycles. The van der Waals surface area contributed by atoms with Crippen LogP contribution < -0.4 is 10.1 Å². The third-order valence-corrected chi connectivity index (χ3v) is 3.26. The van der Waals surface area contributed by atoms with Crippen LogP contribution in [0.4, 0.5) is 10.1 Å². The number of nitro benzene ring substituents is 1. The van der Waals surface area contributed by atoms with Crippen LogP contribution in [0.2, 0.25) is 0 Å². The predicted octanol–water partition coefficient (Wildman–Crippen LogP) is 2.63. The summed E-state index contributed by atoms with van der Waals surface area (Å²) in [5.74, 6) is -1.01.